The van der Waals surface area contributed by atoms with E-state index in [1.54, 1.807) is 38.4 Å². The van der Waals surface area contributed by atoms with E-state index in [-0.39, 0.29) is 12.3 Å². The van der Waals surface area contributed by atoms with Crippen molar-refractivity contribution in [2.45, 2.75) is 6.42 Å². The maximum atomic E-state index is 12.1. The van der Waals surface area contributed by atoms with Crippen LogP contribution in [0.25, 0.3) is 0 Å². The van der Waals surface area contributed by atoms with E-state index in [1.165, 1.54) is 0 Å². The Balaban J connectivity index is 3.03. The number of hydrogen-bond donors (Lipinski definition) is 1. The van der Waals surface area contributed by atoms with Crippen molar-refractivity contribution in [1.82, 2.24) is 0 Å². The molecule has 0 spiro atoms. The third-order valence-corrected chi connectivity index (χ3v) is 2.86. The summed E-state index contributed by atoms with van der Waals surface area (Å²) in [5.41, 5.74) is 6.19. The van der Waals surface area contributed by atoms with E-state index >= 15 is 0 Å². The Morgan fingerprint density at radius 2 is 1.90 bits per heavy atom. The second-order valence-electron chi connectivity index (χ2n) is 4.12. The van der Waals surface area contributed by atoms with Gasteiger partial charge in [-0.15, -0.1) is 0 Å². The second kappa shape index (κ2) is 8.39. The van der Waals surface area contributed by atoms with Crippen LogP contribution in [-0.4, -0.2) is 46.9 Å². The highest BCUT2D eigenvalue weighted by molar-refractivity contribution is 5.93. The Bertz CT molecular complexity index is 437. The van der Waals surface area contributed by atoms with E-state index in [0.29, 0.717) is 31.2 Å². The van der Waals surface area contributed by atoms with Crippen LogP contribution >= 0.6 is 0 Å². The minimum atomic E-state index is -0.0447. The molecule has 6 nitrogen and oxygen atoms in total. The zero-order chi connectivity index (χ0) is 15.0. The van der Waals surface area contributed by atoms with Crippen molar-refractivity contribution in [3.8, 4) is 11.5 Å². The summed E-state index contributed by atoms with van der Waals surface area (Å²) in [4.78, 5) is 13.8. The third kappa shape index (κ3) is 4.11. The van der Waals surface area contributed by atoms with Crippen molar-refractivity contribution in [1.29, 1.82) is 0 Å². The van der Waals surface area contributed by atoms with E-state index < -0.39 is 0 Å². The fourth-order valence-electron chi connectivity index (χ4n) is 1.83. The first-order chi connectivity index (χ1) is 9.67. The summed E-state index contributed by atoms with van der Waals surface area (Å²) in [6.07, 6.45) is 0.290. The minimum Gasteiger partial charge on any atom is -0.493 e. The Kier molecular flexibility index (Phi) is 6.83. The average Bonchev–Trinajstić information content (AvgIpc) is 2.47. The number of methoxy groups -OCH3 is 3. The van der Waals surface area contributed by atoms with Gasteiger partial charge in [0.15, 0.2) is 11.5 Å². The number of amides is 1. The fraction of sp³-hybridized carbons (Fsp3) is 0.500. The molecule has 6 heteroatoms. The standard InChI is InChI=1S/C14H22N2O4/c1-18-9-8-16(14(17)6-7-15)11-4-5-12(19-2)13(10-11)20-3/h4-5,10H,6-9,15H2,1-3H3. The smallest absolute Gasteiger partial charge is 0.228 e. The van der Waals surface area contributed by atoms with Gasteiger partial charge in [-0.25, -0.2) is 0 Å². The zero-order valence-corrected chi connectivity index (χ0v) is 12.2. The van der Waals surface area contributed by atoms with Crippen molar-refractivity contribution in [3.05, 3.63) is 18.2 Å². The highest BCUT2D eigenvalue weighted by atomic mass is 16.5. The summed E-state index contributed by atoms with van der Waals surface area (Å²) in [5, 5.41) is 0. The van der Waals surface area contributed by atoms with Gasteiger partial charge in [0.25, 0.3) is 0 Å². The molecule has 112 valence electrons. The predicted molar refractivity (Wildman–Crippen MR) is 77.4 cm³/mol. The van der Waals surface area contributed by atoms with Gasteiger partial charge in [0.05, 0.1) is 20.8 Å². The van der Waals surface area contributed by atoms with Crippen molar-refractivity contribution in [2.75, 3.05) is 45.9 Å². The van der Waals surface area contributed by atoms with Crippen molar-refractivity contribution in [3.63, 3.8) is 0 Å². The summed E-state index contributed by atoms with van der Waals surface area (Å²) in [7, 11) is 4.73. The van der Waals surface area contributed by atoms with Crippen LogP contribution in [0.2, 0.25) is 0 Å². The van der Waals surface area contributed by atoms with Gasteiger partial charge in [0, 0.05) is 38.4 Å². The van der Waals surface area contributed by atoms with Gasteiger partial charge >= 0.3 is 0 Å². The molecular weight excluding hydrogens is 260 g/mol. The van der Waals surface area contributed by atoms with Gasteiger partial charge in [0.2, 0.25) is 5.91 Å². The number of rotatable bonds is 8. The lowest BCUT2D eigenvalue weighted by atomic mass is 10.2. The normalized spacial score (nSPS) is 10.2. The Morgan fingerprint density at radius 1 is 1.20 bits per heavy atom. The molecule has 1 aromatic rings. The van der Waals surface area contributed by atoms with Gasteiger partial charge in [-0.1, -0.05) is 0 Å². The zero-order valence-electron chi connectivity index (χ0n) is 12.2. The molecule has 1 amide bonds. The summed E-state index contributed by atoms with van der Waals surface area (Å²) in [6.45, 7) is 1.23. The molecular formula is C14H22N2O4. The number of carbonyl (C=O) groups excluding carboxylic acids is 1. The number of anilines is 1. The maximum absolute atomic E-state index is 12.1. The fourth-order valence-corrected chi connectivity index (χ4v) is 1.83. The third-order valence-electron chi connectivity index (χ3n) is 2.86. The SMILES string of the molecule is COCCN(C(=O)CCN)c1ccc(OC)c(OC)c1. The molecule has 1 rings (SSSR count). The maximum Gasteiger partial charge on any atom is 0.228 e. The van der Waals surface area contributed by atoms with Gasteiger partial charge < -0.3 is 24.8 Å². The van der Waals surface area contributed by atoms with Crippen molar-refractivity contribution in [2.24, 2.45) is 5.73 Å². The second-order valence-corrected chi connectivity index (χ2v) is 4.12. The van der Waals surface area contributed by atoms with E-state index in [9.17, 15) is 4.79 Å². The molecule has 0 saturated carbocycles. The first-order valence-electron chi connectivity index (χ1n) is 6.39. The Morgan fingerprint density at radius 3 is 2.45 bits per heavy atom. The molecule has 0 fully saturated rings. The molecule has 0 aromatic heterocycles. The van der Waals surface area contributed by atoms with E-state index in [4.69, 9.17) is 19.9 Å². The Labute approximate surface area is 119 Å². The van der Waals surface area contributed by atoms with Crippen molar-refractivity contribution < 1.29 is 19.0 Å². The van der Waals surface area contributed by atoms with Gasteiger partial charge in [-0.3, -0.25) is 4.79 Å². The van der Waals surface area contributed by atoms with Gasteiger partial charge in [0.1, 0.15) is 0 Å². The molecule has 0 atom stereocenters. The number of nitrogens with two attached hydrogens (primary N) is 1. The quantitative estimate of drug-likeness (QED) is 0.771. The summed E-state index contributed by atoms with van der Waals surface area (Å²) in [5.74, 6) is 1.15. The lowest BCUT2D eigenvalue weighted by Gasteiger charge is -2.23. The van der Waals surface area contributed by atoms with E-state index in [0.717, 1.165) is 5.69 Å². The molecule has 20 heavy (non-hydrogen) atoms. The number of hydrogen-bond acceptors (Lipinski definition) is 5. The minimum absolute atomic E-state index is 0.0447. The molecule has 0 heterocycles. The molecule has 2 N–H and O–H groups in total. The highest BCUT2D eigenvalue weighted by Gasteiger charge is 2.16. The highest BCUT2D eigenvalue weighted by Crippen LogP contribution is 2.31. The molecule has 0 aliphatic carbocycles. The number of nitrogens with zero attached hydrogens (tertiary/aromatic N) is 1. The number of benzene rings is 1. The molecule has 0 unspecified atom stereocenters. The van der Waals surface area contributed by atoms with Crippen LogP contribution in [0.5, 0.6) is 11.5 Å². The van der Waals surface area contributed by atoms with Crippen LogP contribution in [0, 0.1) is 0 Å². The van der Waals surface area contributed by atoms with Gasteiger partial charge in [-0.2, -0.15) is 0 Å². The number of carbonyl (C=O) groups is 1. The van der Waals surface area contributed by atoms with Crippen molar-refractivity contribution >= 4 is 11.6 Å². The Hall–Kier alpha value is -1.79. The average molecular weight is 282 g/mol. The summed E-state index contributed by atoms with van der Waals surface area (Å²) < 4.78 is 15.5. The summed E-state index contributed by atoms with van der Waals surface area (Å²) >= 11 is 0. The van der Waals surface area contributed by atoms with E-state index in [1.807, 2.05) is 6.07 Å². The van der Waals surface area contributed by atoms with Crippen LogP contribution < -0.4 is 20.1 Å². The lowest BCUT2D eigenvalue weighted by molar-refractivity contribution is -0.118. The lowest BCUT2D eigenvalue weighted by Crippen LogP contribution is -2.35. The molecule has 0 aliphatic heterocycles. The monoisotopic (exact) mass is 282 g/mol. The van der Waals surface area contributed by atoms with Gasteiger partial charge in [-0.05, 0) is 12.1 Å². The molecule has 0 bridgehead atoms. The summed E-state index contributed by atoms with van der Waals surface area (Å²) in [6, 6.07) is 5.35. The van der Waals surface area contributed by atoms with Crippen LogP contribution in [0.1, 0.15) is 6.42 Å². The van der Waals surface area contributed by atoms with E-state index in [2.05, 4.69) is 0 Å². The molecule has 0 radical (unpaired) electrons. The van der Waals surface area contributed by atoms with Crippen LogP contribution in [0.4, 0.5) is 5.69 Å². The van der Waals surface area contributed by atoms with Crippen LogP contribution in [0.3, 0.4) is 0 Å². The van der Waals surface area contributed by atoms with Crippen LogP contribution in [-0.2, 0) is 9.53 Å². The number of ether oxygens (including phenoxy) is 3. The van der Waals surface area contributed by atoms with Crippen LogP contribution in [0.15, 0.2) is 18.2 Å². The molecule has 1 aromatic carbocycles. The largest absolute Gasteiger partial charge is 0.493 e. The molecule has 0 aliphatic rings. The first-order valence-corrected chi connectivity index (χ1v) is 6.39. The topological polar surface area (TPSA) is 74.0 Å². The first kappa shape index (κ1) is 16.3. The predicted octanol–water partition coefficient (Wildman–Crippen LogP) is 1.03. The molecule has 0 saturated heterocycles.